The summed E-state index contributed by atoms with van der Waals surface area (Å²) in [6.07, 6.45) is 0. The van der Waals surface area contributed by atoms with E-state index in [0.717, 1.165) is 0 Å². The average Bonchev–Trinajstić information content (AvgIpc) is 1.79. The molecule has 0 bridgehead atoms. The van der Waals surface area contributed by atoms with Crippen molar-refractivity contribution in [2.24, 2.45) is 0 Å². The molecule has 1 nitrogen and oxygen atoms in total. The Hall–Kier alpha value is 0.400. The Morgan fingerprint density at radius 1 is 2.00 bits per heavy atom. The van der Waals surface area contributed by atoms with Crippen molar-refractivity contribution in [1.29, 1.82) is 0 Å². The Morgan fingerprint density at radius 2 is 2.20 bits per heavy atom. The summed E-state index contributed by atoms with van der Waals surface area (Å²) in [7, 11) is 0.463. The van der Waals surface area contributed by atoms with Crippen molar-refractivity contribution >= 4 is 15.0 Å². The van der Waals surface area contributed by atoms with Crippen LogP contribution in [0.5, 0.6) is 0 Å². The van der Waals surface area contributed by atoms with Crippen molar-refractivity contribution in [2.75, 3.05) is 0 Å². The molecule has 0 fully saturated rings. The molecule has 28 valence electrons. The van der Waals surface area contributed by atoms with E-state index in [1.807, 2.05) is 6.92 Å². The Balaban J connectivity index is 2.70. The third-order valence-electron chi connectivity index (χ3n) is 0.546. The zero-order valence-corrected chi connectivity index (χ0v) is 4.67. The quantitative estimate of drug-likeness (QED) is 0.432. The van der Waals surface area contributed by atoms with Gasteiger partial charge in [0.05, 0.1) is 5.40 Å². The van der Waals surface area contributed by atoms with Gasteiger partial charge in [0.2, 0.25) is 0 Å². The van der Waals surface area contributed by atoms with Crippen LogP contribution >= 0.6 is 15.0 Å². The van der Waals surface area contributed by atoms with Crippen molar-refractivity contribution in [1.82, 2.24) is 0 Å². The smallest absolute Gasteiger partial charge is 0.132 e. The SMILES string of the molecule is CC1P=P1=O. The van der Waals surface area contributed by atoms with E-state index in [1.165, 1.54) is 7.87 Å². The maximum atomic E-state index is 10.0. The number of hydrogen-bond acceptors (Lipinski definition) is 1. The number of rotatable bonds is 0. The molecule has 0 radical (unpaired) electrons. The van der Waals surface area contributed by atoms with Gasteiger partial charge >= 0.3 is 0 Å². The molecule has 0 aromatic carbocycles. The second-order valence-electron chi connectivity index (χ2n) is 1.05. The molecular weight excluding hydrogens is 102 g/mol. The average molecular weight is 106 g/mol. The van der Waals surface area contributed by atoms with Crippen LogP contribution in [0, 0.1) is 0 Å². The molecule has 3 heteroatoms. The first-order chi connectivity index (χ1) is 2.30. The van der Waals surface area contributed by atoms with E-state index < -0.39 is 7.09 Å². The van der Waals surface area contributed by atoms with Crippen LogP contribution in [0.2, 0.25) is 0 Å². The Morgan fingerprint density at radius 3 is 2.20 bits per heavy atom. The summed E-state index contributed by atoms with van der Waals surface area (Å²) in [4.78, 5) is 0. The van der Waals surface area contributed by atoms with Crippen molar-refractivity contribution < 1.29 is 4.57 Å². The fourth-order valence-corrected chi connectivity index (χ4v) is 1.59. The molecule has 0 spiro atoms. The van der Waals surface area contributed by atoms with Gasteiger partial charge in [0.25, 0.3) is 0 Å². The maximum Gasteiger partial charge on any atom is 0.132 e. The Labute approximate surface area is 32.8 Å². The van der Waals surface area contributed by atoms with Gasteiger partial charge in [-0.15, -0.1) is 0 Å². The molecule has 1 aliphatic rings. The van der Waals surface area contributed by atoms with Gasteiger partial charge in [-0.3, -0.25) is 4.57 Å². The van der Waals surface area contributed by atoms with Crippen LogP contribution in [-0.2, 0) is 4.57 Å². The minimum Gasteiger partial charge on any atom is -0.277 e. The van der Waals surface area contributed by atoms with Gasteiger partial charge in [-0.1, -0.05) is 0 Å². The molecule has 0 aromatic rings. The third-order valence-corrected chi connectivity index (χ3v) is 4.28. The molecule has 0 amide bonds. The molecule has 0 saturated heterocycles. The van der Waals surface area contributed by atoms with Crippen LogP contribution in [0.15, 0.2) is 0 Å². The zero-order valence-electron chi connectivity index (χ0n) is 2.88. The summed E-state index contributed by atoms with van der Waals surface area (Å²) in [6, 6.07) is 0. The monoisotopic (exact) mass is 106 g/mol. The van der Waals surface area contributed by atoms with E-state index in [0.29, 0.717) is 5.40 Å². The van der Waals surface area contributed by atoms with E-state index in [4.69, 9.17) is 0 Å². The van der Waals surface area contributed by atoms with Crippen LogP contribution in [-0.4, -0.2) is 5.40 Å². The predicted molar refractivity (Wildman–Crippen MR) is 24.0 cm³/mol. The Bertz CT molecular complexity index is 111. The molecule has 2 atom stereocenters. The molecule has 0 N–H and O–H groups in total. The highest BCUT2D eigenvalue weighted by Gasteiger charge is 2.14. The molecule has 0 saturated carbocycles. The molecule has 1 aliphatic heterocycles. The first kappa shape index (κ1) is 3.59. The number of hydrogen-bond donors (Lipinski definition) is 0. The van der Waals surface area contributed by atoms with Crippen LogP contribution in [0.3, 0.4) is 0 Å². The second-order valence-corrected chi connectivity index (χ2v) is 5.72. The van der Waals surface area contributed by atoms with Crippen molar-refractivity contribution in [2.45, 2.75) is 12.3 Å². The van der Waals surface area contributed by atoms with E-state index in [-0.39, 0.29) is 0 Å². The van der Waals surface area contributed by atoms with Gasteiger partial charge < -0.3 is 0 Å². The Kier molecular flexibility index (Phi) is 0.666. The van der Waals surface area contributed by atoms with E-state index in [1.54, 1.807) is 0 Å². The lowest BCUT2D eigenvalue weighted by atomic mass is 11.0. The van der Waals surface area contributed by atoms with E-state index >= 15 is 0 Å². The predicted octanol–water partition coefficient (Wildman–Crippen LogP) is 2.03. The summed E-state index contributed by atoms with van der Waals surface area (Å²) in [5.74, 6) is 0. The van der Waals surface area contributed by atoms with Crippen molar-refractivity contribution in [3.63, 3.8) is 0 Å². The lowest BCUT2D eigenvalue weighted by molar-refractivity contribution is 0.599. The van der Waals surface area contributed by atoms with E-state index in [2.05, 4.69) is 0 Å². The maximum absolute atomic E-state index is 10.0. The summed E-state index contributed by atoms with van der Waals surface area (Å²) < 4.78 is 10.0. The second kappa shape index (κ2) is 0.929. The molecule has 1 heterocycles. The van der Waals surface area contributed by atoms with Gasteiger partial charge in [0.15, 0.2) is 0 Å². The summed E-state index contributed by atoms with van der Waals surface area (Å²) in [6.45, 7) is 2.00. The lowest BCUT2D eigenvalue weighted by Crippen LogP contribution is -1.51. The standard InChI is InChI=1S/C2H4OP2/c1-2-4-5(2)3/h2H,1H3. The normalized spacial score (nSPS) is 43.4. The lowest BCUT2D eigenvalue weighted by Gasteiger charge is -1.54. The summed E-state index contributed by atoms with van der Waals surface area (Å²) in [5, 5.41) is 0.532. The molecule has 5 heavy (non-hydrogen) atoms. The molecular formula is C2H4OP2. The van der Waals surface area contributed by atoms with Gasteiger partial charge in [0.1, 0.15) is 7.09 Å². The largest absolute Gasteiger partial charge is 0.277 e. The van der Waals surface area contributed by atoms with E-state index in [9.17, 15) is 4.57 Å². The van der Waals surface area contributed by atoms with Gasteiger partial charge in [-0.25, -0.2) is 0 Å². The van der Waals surface area contributed by atoms with Gasteiger partial charge in [-0.05, 0) is 14.8 Å². The van der Waals surface area contributed by atoms with Crippen LogP contribution in [0.4, 0.5) is 0 Å². The van der Waals surface area contributed by atoms with Crippen molar-refractivity contribution in [3.05, 3.63) is 0 Å². The fourth-order valence-electron chi connectivity index (χ4n) is 0.135. The van der Waals surface area contributed by atoms with Gasteiger partial charge in [0, 0.05) is 0 Å². The first-order valence-corrected chi connectivity index (χ1v) is 4.47. The topological polar surface area (TPSA) is 17.1 Å². The molecule has 0 aliphatic carbocycles. The van der Waals surface area contributed by atoms with Crippen LogP contribution in [0.1, 0.15) is 6.92 Å². The third kappa shape index (κ3) is 0.619. The first-order valence-electron chi connectivity index (χ1n) is 1.48. The van der Waals surface area contributed by atoms with Gasteiger partial charge in [-0.2, -0.15) is 0 Å². The zero-order chi connectivity index (χ0) is 3.86. The fraction of sp³-hybridized carbons (Fsp3) is 1.00. The molecule has 1 rings (SSSR count). The highest BCUT2D eigenvalue weighted by molar-refractivity contribution is 8.05. The highest BCUT2D eigenvalue weighted by Crippen LogP contribution is 2.53. The van der Waals surface area contributed by atoms with Crippen LogP contribution in [0.25, 0.3) is 0 Å². The summed E-state index contributed by atoms with van der Waals surface area (Å²) in [5.41, 5.74) is 0. The molecule has 2 unspecified atom stereocenters. The van der Waals surface area contributed by atoms with Crippen molar-refractivity contribution in [3.8, 4) is 0 Å². The minimum atomic E-state index is -0.709. The summed E-state index contributed by atoms with van der Waals surface area (Å²) >= 11 is 0. The highest BCUT2D eigenvalue weighted by atomic mass is 31.8. The molecule has 0 aromatic heterocycles. The van der Waals surface area contributed by atoms with Crippen LogP contribution < -0.4 is 0 Å². The minimum absolute atomic E-state index is 0.532.